The zero-order valence-electron chi connectivity index (χ0n) is 15.6. The van der Waals surface area contributed by atoms with Gasteiger partial charge in [-0.3, -0.25) is 4.79 Å². The first kappa shape index (κ1) is 20.7. The molecule has 0 N–H and O–H groups in total. The molecule has 2 aliphatic rings. The number of fused-ring (bicyclic) bond motifs is 1. The minimum atomic E-state index is -3.13. The number of carbonyl (C=O) groups excluding carboxylic acids is 2. The van der Waals surface area contributed by atoms with Crippen molar-refractivity contribution in [1.82, 2.24) is 4.90 Å². The molecule has 8 nitrogen and oxygen atoms in total. The molecule has 1 aromatic rings. The average molecular weight is 432 g/mol. The molecule has 0 aliphatic carbocycles. The van der Waals surface area contributed by atoms with E-state index < -0.39 is 33.9 Å². The lowest BCUT2D eigenvalue weighted by atomic mass is 10.2. The van der Waals surface area contributed by atoms with Crippen LogP contribution in [0, 0.1) is 0 Å². The molecule has 1 fully saturated rings. The summed E-state index contributed by atoms with van der Waals surface area (Å²) in [7, 11) is -3.13. The Balaban J connectivity index is 1.69. The second-order valence-corrected chi connectivity index (χ2v) is 9.35. The number of ether oxygens (including phenoxy) is 3. The zero-order valence-corrected chi connectivity index (χ0v) is 17.2. The fourth-order valence-electron chi connectivity index (χ4n) is 3.36. The van der Waals surface area contributed by atoms with Crippen LogP contribution >= 0.6 is 11.6 Å². The number of amides is 1. The quantitative estimate of drug-likeness (QED) is 0.654. The third-order valence-electron chi connectivity index (χ3n) is 4.74. The van der Waals surface area contributed by atoms with Crippen LogP contribution in [0.1, 0.15) is 30.6 Å². The molecule has 1 aromatic carbocycles. The molecule has 0 radical (unpaired) electrons. The van der Waals surface area contributed by atoms with E-state index in [9.17, 15) is 18.0 Å². The first-order chi connectivity index (χ1) is 13.2. The lowest BCUT2D eigenvalue weighted by molar-refractivity contribution is -0.141. The van der Waals surface area contributed by atoms with E-state index in [1.807, 2.05) is 0 Å². The Morgan fingerprint density at radius 1 is 1.32 bits per heavy atom. The number of sulfone groups is 1. The van der Waals surface area contributed by atoms with Crippen LogP contribution in [0.2, 0.25) is 5.02 Å². The minimum absolute atomic E-state index is 0.0608. The summed E-state index contributed by atoms with van der Waals surface area (Å²) in [6.45, 7) is 4.26. The van der Waals surface area contributed by atoms with Crippen LogP contribution in [0.25, 0.3) is 0 Å². The van der Waals surface area contributed by atoms with Crippen LogP contribution in [-0.2, 0) is 19.4 Å². The molecule has 3 rings (SSSR count). The lowest BCUT2D eigenvalue weighted by Gasteiger charge is -2.29. The van der Waals surface area contributed by atoms with Gasteiger partial charge < -0.3 is 19.1 Å². The predicted octanol–water partition coefficient (Wildman–Crippen LogP) is 1.69. The Hall–Kier alpha value is -2.00. The van der Waals surface area contributed by atoms with Gasteiger partial charge in [-0.1, -0.05) is 11.6 Å². The molecule has 0 unspecified atom stereocenters. The molecule has 0 spiro atoms. The Kier molecular flexibility index (Phi) is 6.04. The van der Waals surface area contributed by atoms with E-state index in [1.165, 1.54) is 24.0 Å². The van der Waals surface area contributed by atoms with Crippen molar-refractivity contribution < 1.29 is 32.2 Å². The van der Waals surface area contributed by atoms with Crippen molar-refractivity contribution in [3.05, 3.63) is 22.7 Å². The lowest BCUT2D eigenvalue weighted by Crippen LogP contribution is -2.46. The van der Waals surface area contributed by atoms with Crippen LogP contribution in [0.5, 0.6) is 11.5 Å². The molecule has 154 valence electrons. The van der Waals surface area contributed by atoms with Crippen LogP contribution in [0.4, 0.5) is 0 Å². The average Bonchev–Trinajstić information content (AvgIpc) is 3.01. The third-order valence-corrected chi connectivity index (χ3v) is 6.77. The van der Waals surface area contributed by atoms with Crippen molar-refractivity contribution in [3.8, 4) is 11.5 Å². The summed E-state index contributed by atoms with van der Waals surface area (Å²) in [6, 6.07) is 2.46. The molecule has 0 aromatic heterocycles. The van der Waals surface area contributed by atoms with E-state index in [-0.39, 0.29) is 22.1 Å². The summed E-state index contributed by atoms with van der Waals surface area (Å²) in [4.78, 5) is 26.7. The molecular weight excluding hydrogens is 410 g/mol. The monoisotopic (exact) mass is 431 g/mol. The Bertz CT molecular complexity index is 886. The topological polar surface area (TPSA) is 99.2 Å². The first-order valence-electron chi connectivity index (χ1n) is 9.03. The van der Waals surface area contributed by atoms with Gasteiger partial charge in [0.1, 0.15) is 13.2 Å². The number of halogens is 1. The Morgan fingerprint density at radius 3 is 2.68 bits per heavy atom. The summed E-state index contributed by atoms with van der Waals surface area (Å²) in [5, 5.41) is 0.217. The number of likely N-dealkylation sites (N-methyl/N-ethyl adjacent to an activating group) is 1. The minimum Gasteiger partial charge on any atom is -0.486 e. The number of rotatable bonds is 5. The standard InChI is InChI=1S/C18H22ClNO7S/c1-3-20(13-4-7-28(23,24)10-13)17(21)11(2)27-18(22)12-8-14(19)16-15(9-12)25-5-6-26-16/h8-9,11,13H,3-7,10H2,1-2H3/t11-,13+/m1/s1. The number of hydrogen-bond donors (Lipinski definition) is 0. The highest BCUT2D eigenvalue weighted by molar-refractivity contribution is 7.91. The molecule has 28 heavy (non-hydrogen) atoms. The molecule has 0 saturated carbocycles. The number of carbonyl (C=O) groups is 2. The van der Waals surface area contributed by atoms with E-state index in [4.69, 9.17) is 25.8 Å². The molecular formula is C18H22ClNO7S. The van der Waals surface area contributed by atoms with Crippen molar-refractivity contribution in [2.75, 3.05) is 31.3 Å². The van der Waals surface area contributed by atoms with Gasteiger partial charge in [-0.05, 0) is 32.4 Å². The van der Waals surface area contributed by atoms with Crippen LogP contribution < -0.4 is 9.47 Å². The second-order valence-electron chi connectivity index (χ2n) is 6.71. The fourth-order valence-corrected chi connectivity index (χ4v) is 5.35. The maximum absolute atomic E-state index is 12.7. The predicted molar refractivity (Wildman–Crippen MR) is 102 cm³/mol. The smallest absolute Gasteiger partial charge is 0.339 e. The van der Waals surface area contributed by atoms with E-state index >= 15 is 0 Å². The highest BCUT2D eigenvalue weighted by Gasteiger charge is 2.36. The second kappa shape index (κ2) is 8.16. The van der Waals surface area contributed by atoms with E-state index in [0.717, 1.165) is 0 Å². The summed E-state index contributed by atoms with van der Waals surface area (Å²) in [6.07, 6.45) is -0.678. The first-order valence-corrected chi connectivity index (χ1v) is 11.2. The fraction of sp³-hybridized carbons (Fsp3) is 0.556. The van der Waals surface area contributed by atoms with Crippen molar-refractivity contribution in [1.29, 1.82) is 0 Å². The molecule has 10 heteroatoms. The van der Waals surface area contributed by atoms with Gasteiger partial charge in [0.2, 0.25) is 0 Å². The summed E-state index contributed by atoms with van der Waals surface area (Å²) in [5.41, 5.74) is 0.139. The normalized spacial score (nSPS) is 21.0. The van der Waals surface area contributed by atoms with Gasteiger partial charge in [0.25, 0.3) is 5.91 Å². The van der Waals surface area contributed by atoms with Gasteiger partial charge in [0, 0.05) is 12.6 Å². The van der Waals surface area contributed by atoms with Crippen molar-refractivity contribution >= 4 is 33.3 Å². The van der Waals surface area contributed by atoms with Crippen LogP contribution in [0.3, 0.4) is 0 Å². The number of esters is 1. The largest absolute Gasteiger partial charge is 0.486 e. The highest BCUT2D eigenvalue weighted by atomic mass is 35.5. The van der Waals surface area contributed by atoms with Crippen molar-refractivity contribution in [2.24, 2.45) is 0 Å². The van der Waals surface area contributed by atoms with E-state index in [0.29, 0.717) is 37.7 Å². The molecule has 2 atom stereocenters. The maximum atomic E-state index is 12.7. The number of nitrogens with zero attached hydrogens (tertiary/aromatic N) is 1. The third kappa shape index (κ3) is 4.35. The Morgan fingerprint density at radius 2 is 2.04 bits per heavy atom. The molecule has 1 saturated heterocycles. The van der Waals surface area contributed by atoms with E-state index in [2.05, 4.69) is 0 Å². The molecule has 1 amide bonds. The number of benzene rings is 1. The maximum Gasteiger partial charge on any atom is 0.339 e. The Labute approximate surface area is 168 Å². The zero-order chi connectivity index (χ0) is 20.5. The molecule has 0 bridgehead atoms. The van der Waals surface area contributed by atoms with Crippen molar-refractivity contribution in [2.45, 2.75) is 32.4 Å². The van der Waals surface area contributed by atoms with Gasteiger partial charge in [-0.2, -0.15) is 0 Å². The van der Waals surface area contributed by atoms with Gasteiger partial charge >= 0.3 is 5.97 Å². The molecule has 2 aliphatic heterocycles. The van der Waals surface area contributed by atoms with Crippen LogP contribution in [-0.4, -0.2) is 68.6 Å². The van der Waals surface area contributed by atoms with Gasteiger partial charge in [-0.25, -0.2) is 13.2 Å². The van der Waals surface area contributed by atoms with Gasteiger partial charge in [0.05, 0.1) is 22.1 Å². The van der Waals surface area contributed by atoms with Crippen molar-refractivity contribution in [3.63, 3.8) is 0 Å². The van der Waals surface area contributed by atoms with Crippen LogP contribution in [0.15, 0.2) is 12.1 Å². The van der Waals surface area contributed by atoms with Gasteiger partial charge in [-0.15, -0.1) is 0 Å². The van der Waals surface area contributed by atoms with Gasteiger partial charge in [0.15, 0.2) is 27.4 Å². The summed E-state index contributed by atoms with van der Waals surface area (Å²) < 4.78 is 39.6. The summed E-state index contributed by atoms with van der Waals surface area (Å²) in [5.74, 6) is -0.448. The molecule has 2 heterocycles. The number of hydrogen-bond acceptors (Lipinski definition) is 7. The highest BCUT2D eigenvalue weighted by Crippen LogP contribution is 2.38. The van der Waals surface area contributed by atoms with E-state index in [1.54, 1.807) is 6.92 Å². The summed E-state index contributed by atoms with van der Waals surface area (Å²) >= 11 is 6.13. The SMILES string of the molecule is CCN(C(=O)[C@@H](C)OC(=O)c1cc(Cl)c2c(c1)OCCO2)[C@H]1CCS(=O)(=O)C1.